The normalized spacial score (nSPS) is 27.2. The third-order valence-corrected chi connectivity index (χ3v) is 7.26. The molecule has 2 aromatic rings. The van der Waals surface area contributed by atoms with Crippen LogP contribution in [0.25, 0.3) is 0 Å². The zero-order chi connectivity index (χ0) is 27.2. The number of nitrogens with zero attached hydrogens (tertiary/aromatic N) is 2. The van der Waals surface area contributed by atoms with Gasteiger partial charge in [-0.1, -0.05) is 30.3 Å². The Morgan fingerprint density at radius 2 is 1.74 bits per heavy atom. The van der Waals surface area contributed by atoms with E-state index in [1.54, 1.807) is 23.1 Å². The lowest BCUT2D eigenvalue weighted by Gasteiger charge is -2.55. The predicted molar refractivity (Wildman–Crippen MR) is 143 cm³/mol. The molecule has 0 aromatic heterocycles. The number of nitrogens with one attached hydrogen (secondary N) is 1. The fourth-order valence-corrected chi connectivity index (χ4v) is 4.99. The van der Waals surface area contributed by atoms with E-state index in [1.807, 2.05) is 24.3 Å². The molecule has 8 nitrogen and oxygen atoms in total. The zero-order valence-electron chi connectivity index (χ0n) is 20.7. The van der Waals surface area contributed by atoms with Gasteiger partial charge in [-0.15, -0.1) is 0 Å². The minimum absolute atomic E-state index is 0.199. The number of hydrogen-bond acceptors (Lipinski definition) is 6. The van der Waals surface area contributed by atoms with E-state index >= 15 is 0 Å². The highest BCUT2D eigenvalue weighted by Gasteiger charge is 2.42. The zero-order valence-corrected chi connectivity index (χ0v) is 20.7. The van der Waals surface area contributed by atoms with Crippen molar-refractivity contribution in [3.05, 3.63) is 64.7 Å². The Bertz CT molecular complexity index is 1260. The second kappa shape index (κ2) is 10.3. The SMILES string of the molecule is [B]C1OC([B])C([B])([B])N(Cc2ccc(COc3cccc4c3CN(C3CCC(=O)NC3=O)C4=O)cc2)C1[B]. The summed E-state index contributed by atoms with van der Waals surface area (Å²) in [7, 11) is 30.3. The summed E-state index contributed by atoms with van der Waals surface area (Å²) in [5, 5.41) is 0.815. The summed E-state index contributed by atoms with van der Waals surface area (Å²) < 4.78 is 11.4. The molecule has 4 unspecified atom stereocenters. The molecular formula is C25H22B5N3O5. The first-order valence-corrected chi connectivity index (χ1v) is 12.3. The third-order valence-electron chi connectivity index (χ3n) is 7.26. The Morgan fingerprint density at radius 1 is 1.03 bits per heavy atom. The molecule has 2 aromatic carbocycles. The number of ether oxygens (including phenoxy) is 2. The minimum atomic E-state index is -1.50. The number of carbonyl (C=O) groups is 3. The molecule has 3 heterocycles. The van der Waals surface area contributed by atoms with E-state index in [2.05, 4.69) is 5.32 Å². The number of benzene rings is 2. The molecule has 2 fully saturated rings. The highest BCUT2D eigenvalue weighted by atomic mass is 16.5. The van der Waals surface area contributed by atoms with Crippen LogP contribution in [-0.2, 0) is 34.0 Å². The number of piperidine rings is 1. The number of morpholine rings is 1. The van der Waals surface area contributed by atoms with Crippen molar-refractivity contribution in [2.24, 2.45) is 0 Å². The van der Waals surface area contributed by atoms with Gasteiger partial charge in [-0.05, 0) is 41.0 Å². The quantitative estimate of drug-likeness (QED) is 0.420. The number of carbonyl (C=O) groups excluding carboxylic acids is 3. The molecule has 13 heteroatoms. The van der Waals surface area contributed by atoms with Crippen molar-refractivity contribution in [1.82, 2.24) is 15.1 Å². The molecule has 0 aliphatic carbocycles. The van der Waals surface area contributed by atoms with E-state index in [0.717, 1.165) is 16.7 Å². The molecule has 182 valence electrons. The van der Waals surface area contributed by atoms with Crippen molar-refractivity contribution in [3.63, 3.8) is 0 Å². The second-order valence-corrected chi connectivity index (χ2v) is 9.81. The van der Waals surface area contributed by atoms with E-state index in [1.165, 1.54) is 4.90 Å². The van der Waals surface area contributed by atoms with Crippen LogP contribution in [0.15, 0.2) is 42.5 Å². The van der Waals surface area contributed by atoms with Gasteiger partial charge in [0.25, 0.3) is 5.91 Å². The van der Waals surface area contributed by atoms with E-state index in [-0.39, 0.29) is 31.4 Å². The van der Waals surface area contributed by atoms with E-state index < -0.39 is 35.2 Å². The lowest BCUT2D eigenvalue weighted by atomic mass is 9.50. The number of rotatable bonds is 6. The Labute approximate surface area is 228 Å². The molecule has 0 saturated carbocycles. The first-order chi connectivity index (χ1) is 18.1. The van der Waals surface area contributed by atoms with Gasteiger partial charge in [0.15, 0.2) is 0 Å². The molecule has 3 amide bonds. The fourth-order valence-electron chi connectivity index (χ4n) is 4.99. The average molecular weight is 499 g/mol. The summed E-state index contributed by atoms with van der Waals surface area (Å²) in [6.07, 6.45) is 0.500. The van der Waals surface area contributed by atoms with Crippen LogP contribution >= 0.6 is 0 Å². The van der Waals surface area contributed by atoms with Gasteiger partial charge >= 0.3 is 0 Å². The van der Waals surface area contributed by atoms with E-state index in [4.69, 9.17) is 48.7 Å². The van der Waals surface area contributed by atoms with Gasteiger partial charge in [0.05, 0.1) is 30.1 Å². The van der Waals surface area contributed by atoms with Crippen LogP contribution in [0, 0.1) is 0 Å². The molecule has 38 heavy (non-hydrogen) atoms. The average Bonchev–Trinajstić information content (AvgIpc) is 3.22. The van der Waals surface area contributed by atoms with Crippen LogP contribution in [0.2, 0.25) is 0 Å². The van der Waals surface area contributed by atoms with Crippen LogP contribution in [-0.4, -0.2) is 96.1 Å². The summed E-state index contributed by atoms with van der Waals surface area (Å²) in [4.78, 5) is 39.9. The van der Waals surface area contributed by atoms with Crippen LogP contribution in [0.4, 0.5) is 0 Å². The summed E-state index contributed by atoms with van der Waals surface area (Å²) in [6.45, 7) is 0.804. The lowest BCUT2D eigenvalue weighted by Crippen LogP contribution is -2.69. The fraction of sp³-hybridized carbons (Fsp3) is 0.400. The van der Waals surface area contributed by atoms with Crippen LogP contribution in [0.3, 0.4) is 0 Å². The van der Waals surface area contributed by atoms with Gasteiger partial charge in [-0.25, -0.2) is 0 Å². The molecule has 1 N–H and O–H groups in total. The molecule has 2 saturated heterocycles. The van der Waals surface area contributed by atoms with Crippen LogP contribution in [0.1, 0.15) is 39.9 Å². The van der Waals surface area contributed by atoms with E-state index in [9.17, 15) is 14.4 Å². The minimum Gasteiger partial charge on any atom is -0.489 e. The van der Waals surface area contributed by atoms with Crippen molar-refractivity contribution >= 4 is 57.0 Å². The van der Waals surface area contributed by atoms with Gasteiger partial charge < -0.3 is 19.3 Å². The molecular weight excluding hydrogens is 476 g/mol. The topological polar surface area (TPSA) is 88.2 Å². The highest BCUT2D eigenvalue weighted by molar-refractivity contribution is 6.44. The summed E-state index contributed by atoms with van der Waals surface area (Å²) in [6, 6.07) is 10.3. The van der Waals surface area contributed by atoms with Crippen molar-refractivity contribution < 1.29 is 23.9 Å². The van der Waals surface area contributed by atoms with Crippen LogP contribution in [0.5, 0.6) is 5.75 Å². The van der Waals surface area contributed by atoms with Gasteiger partial charge in [0.1, 0.15) is 34.1 Å². The van der Waals surface area contributed by atoms with Crippen molar-refractivity contribution in [1.29, 1.82) is 0 Å². The standard InChI is InChI=1S/C25H22B5N3O5/c26-20-21(27)38-24(28)25(29,30)33(20)10-13-4-6-14(7-5-13)12-37-18-3-1-2-15-16(18)11-32(23(15)36)17-8-9-19(34)31-22(17)35/h1-7,17,20-21,24H,8-12H2,(H,31,34,35). The van der Waals surface area contributed by atoms with Gasteiger partial charge in [0, 0.05) is 36.1 Å². The summed E-state index contributed by atoms with van der Waals surface area (Å²) in [5.74, 6) is -1.20. The molecule has 0 spiro atoms. The van der Waals surface area contributed by atoms with Gasteiger partial charge in [0.2, 0.25) is 11.8 Å². The van der Waals surface area contributed by atoms with Crippen molar-refractivity contribution in [3.8, 4) is 5.75 Å². The largest absolute Gasteiger partial charge is 0.489 e. The molecule has 3 aliphatic heterocycles. The van der Waals surface area contributed by atoms with Gasteiger partial charge in [-0.2, -0.15) is 0 Å². The maximum absolute atomic E-state index is 13.0. The summed E-state index contributed by atoms with van der Waals surface area (Å²) in [5.41, 5.74) is 2.99. The molecule has 4 atom stereocenters. The van der Waals surface area contributed by atoms with Crippen molar-refractivity contribution in [2.75, 3.05) is 0 Å². The molecule has 10 radical (unpaired) electrons. The van der Waals surface area contributed by atoms with Crippen molar-refractivity contribution in [2.45, 2.75) is 61.9 Å². The first kappa shape index (κ1) is 26.7. The monoisotopic (exact) mass is 499 g/mol. The Kier molecular flexibility index (Phi) is 7.26. The highest BCUT2D eigenvalue weighted by Crippen LogP contribution is 2.34. The Morgan fingerprint density at radius 3 is 2.45 bits per heavy atom. The van der Waals surface area contributed by atoms with Gasteiger partial charge in [-0.3, -0.25) is 19.7 Å². The second-order valence-electron chi connectivity index (χ2n) is 9.81. The number of fused-ring (bicyclic) bond motifs is 1. The number of hydrogen-bond donors (Lipinski definition) is 1. The maximum atomic E-state index is 13.0. The summed E-state index contributed by atoms with van der Waals surface area (Å²) >= 11 is 0. The maximum Gasteiger partial charge on any atom is 0.255 e. The molecule has 0 bridgehead atoms. The smallest absolute Gasteiger partial charge is 0.255 e. The Balaban J connectivity index is 1.24. The third kappa shape index (κ3) is 4.94. The van der Waals surface area contributed by atoms with Crippen LogP contribution < -0.4 is 10.1 Å². The Hall–Kier alpha value is -2.91. The van der Waals surface area contributed by atoms with E-state index in [0.29, 0.717) is 24.3 Å². The lowest BCUT2D eigenvalue weighted by molar-refractivity contribution is -0.136. The number of imide groups is 1. The number of amides is 3. The first-order valence-electron chi connectivity index (χ1n) is 12.3. The molecule has 3 aliphatic rings. The molecule has 5 rings (SSSR count). The predicted octanol–water partition coefficient (Wildman–Crippen LogP) is -0.667.